The third-order valence-electron chi connectivity index (χ3n) is 2.56. The van der Waals surface area contributed by atoms with E-state index in [1.54, 1.807) is 12.1 Å². The standard InChI is InChI=1S/C10H7Cl.C6H4Cl2/c11-10-7-3-5-8-4-1-2-6-9(8)10;7-5-3-1-2-4-6(5)8/h1-7H;1-4H. The van der Waals surface area contributed by atoms with Crippen molar-refractivity contribution >= 4 is 45.6 Å². The first-order valence-electron chi connectivity index (χ1n) is 5.72. The first kappa shape index (κ1) is 14.2. The highest BCUT2D eigenvalue weighted by molar-refractivity contribution is 6.41. The third kappa shape index (κ3) is 3.87. The van der Waals surface area contributed by atoms with Crippen LogP contribution in [0.4, 0.5) is 0 Å². The zero-order valence-corrected chi connectivity index (χ0v) is 12.3. The minimum Gasteiger partial charge on any atom is -0.0837 e. The molecular weight excluding hydrogens is 299 g/mol. The highest BCUT2D eigenvalue weighted by atomic mass is 35.5. The smallest absolute Gasteiger partial charge is 0.0592 e. The molecule has 3 heteroatoms. The van der Waals surface area contributed by atoms with Crippen molar-refractivity contribution in [1.82, 2.24) is 0 Å². The average Bonchev–Trinajstić information content (AvgIpc) is 2.44. The van der Waals surface area contributed by atoms with Gasteiger partial charge < -0.3 is 0 Å². The van der Waals surface area contributed by atoms with E-state index < -0.39 is 0 Å². The van der Waals surface area contributed by atoms with E-state index in [0.717, 1.165) is 10.4 Å². The summed E-state index contributed by atoms with van der Waals surface area (Å²) in [7, 11) is 0. The Balaban J connectivity index is 0.000000148. The molecule has 0 nitrogen and oxygen atoms in total. The monoisotopic (exact) mass is 308 g/mol. The summed E-state index contributed by atoms with van der Waals surface area (Å²) in [5, 5.41) is 4.35. The second-order valence-corrected chi connectivity index (χ2v) is 5.10. The molecule has 3 aromatic rings. The summed E-state index contributed by atoms with van der Waals surface area (Å²) >= 11 is 17.1. The number of rotatable bonds is 0. The molecule has 0 aliphatic heterocycles. The number of hydrogen-bond acceptors (Lipinski definition) is 0. The molecule has 0 aliphatic rings. The molecule has 0 atom stereocenters. The summed E-state index contributed by atoms with van der Waals surface area (Å²) in [6.45, 7) is 0. The zero-order valence-electron chi connectivity index (χ0n) is 9.98. The maximum absolute atomic E-state index is 5.96. The van der Waals surface area contributed by atoms with Crippen molar-refractivity contribution in [2.45, 2.75) is 0 Å². The van der Waals surface area contributed by atoms with Gasteiger partial charge in [-0.25, -0.2) is 0 Å². The zero-order chi connectivity index (χ0) is 13.7. The van der Waals surface area contributed by atoms with Gasteiger partial charge in [0.2, 0.25) is 0 Å². The van der Waals surface area contributed by atoms with Gasteiger partial charge in [0.05, 0.1) is 10.0 Å². The molecule has 0 saturated heterocycles. The fourth-order valence-electron chi connectivity index (χ4n) is 1.63. The Bertz CT molecular complexity index is 651. The number of halogens is 3. The summed E-state index contributed by atoms with van der Waals surface area (Å²) in [5.74, 6) is 0. The van der Waals surface area contributed by atoms with Crippen LogP contribution in [0.2, 0.25) is 15.1 Å². The molecule has 0 heterocycles. The Morgan fingerprint density at radius 3 is 1.53 bits per heavy atom. The Morgan fingerprint density at radius 1 is 0.474 bits per heavy atom. The molecule has 3 rings (SSSR count). The van der Waals surface area contributed by atoms with Crippen molar-refractivity contribution in [2.75, 3.05) is 0 Å². The van der Waals surface area contributed by atoms with E-state index in [4.69, 9.17) is 34.8 Å². The van der Waals surface area contributed by atoms with E-state index in [1.165, 1.54) is 5.39 Å². The molecular formula is C16H11Cl3. The van der Waals surface area contributed by atoms with Gasteiger partial charge in [0, 0.05) is 10.4 Å². The Kier molecular flexibility index (Phi) is 5.09. The summed E-state index contributed by atoms with van der Waals surface area (Å²) in [4.78, 5) is 0. The van der Waals surface area contributed by atoms with E-state index in [1.807, 2.05) is 42.5 Å². The van der Waals surface area contributed by atoms with Crippen molar-refractivity contribution in [3.8, 4) is 0 Å². The second-order valence-electron chi connectivity index (χ2n) is 3.88. The largest absolute Gasteiger partial charge is 0.0837 e. The van der Waals surface area contributed by atoms with Gasteiger partial charge in [-0.3, -0.25) is 0 Å². The van der Waals surface area contributed by atoms with Crippen molar-refractivity contribution in [2.24, 2.45) is 0 Å². The van der Waals surface area contributed by atoms with Gasteiger partial charge in [0.15, 0.2) is 0 Å². The maximum atomic E-state index is 5.96. The Hall–Kier alpha value is -1.21. The van der Waals surface area contributed by atoms with Crippen molar-refractivity contribution < 1.29 is 0 Å². The van der Waals surface area contributed by atoms with Gasteiger partial charge in [-0.05, 0) is 23.6 Å². The molecule has 19 heavy (non-hydrogen) atoms. The molecule has 0 saturated carbocycles. The summed E-state index contributed by atoms with van der Waals surface area (Å²) < 4.78 is 0. The fraction of sp³-hybridized carbons (Fsp3) is 0. The molecule has 0 aromatic heterocycles. The van der Waals surface area contributed by atoms with Crippen LogP contribution in [0.15, 0.2) is 66.7 Å². The first-order chi connectivity index (χ1) is 9.18. The van der Waals surface area contributed by atoms with Crippen molar-refractivity contribution in [1.29, 1.82) is 0 Å². The van der Waals surface area contributed by atoms with Crippen LogP contribution in [-0.4, -0.2) is 0 Å². The van der Waals surface area contributed by atoms with Gasteiger partial charge in [-0.2, -0.15) is 0 Å². The minimum absolute atomic E-state index is 0.606. The van der Waals surface area contributed by atoms with Gasteiger partial charge in [0.25, 0.3) is 0 Å². The van der Waals surface area contributed by atoms with Crippen molar-refractivity contribution in [3.63, 3.8) is 0 Å². The van der Waals surface area contributed by atoms with Crippen molar-refractivity contribution in [3.05, 3.63) is 81.8 Å². The van der Waals surface area contributed by atoms with Gasteiger partial charge in [-0.15, -0.1) is 0 Å². The van der Waals surface area contributed by atoms with E-state index >= 15 is 0 Å². The first-order valence-corrected chi connectivity index (χ1v) is 6.85. The van der Waals surface area contributed by atoms with E-state index in [2.05, 4.69) is 12.1 Å². The lowest BCUT2D eigenvalue weighted by Gasteiger charge is -1.97. The Labute approximate surface area is 127 Å². The van der Waals surface area contributed by atoms with Crippen LogP contribution < -0.4 is 0 Å². The highest BCUT2D eigenvalue weighted by Crippen LogP contribution is 2.22. The fourth-order valence-corrected chi connectivity index (χ4v) is 2.14. The maximum Gasteiger partial charge on any atom is 0.0592 e. The van der Waals surface area contributed by atoms with Crippen LogP contribution in [-0.2, 0) is 0 Å². The second kappa shape index (κ2) is 6.81. The molecule has 0 bridgehead atoms. The highest BCUT2D eigenvalue weighted by Gasteiger charge is 1.94. The molecule has 96 valence electrons. The lowest BCUT2D eigenvalue weighted by molar-refractivity contribution is 1.71. The lowest BCUT2D eigenvalue weighted by atomic mass is 10.1. The predicted molar refractivity (Wildman–Crippen MR) is 85.4 cm³/mol. The topological polar surface area (TPSA) is 0 Å². The van der Waals surface area contributed by atoms with Gasteiger partial charge >= 0.3 is 0 Å². The number of benzene rings is 3. The van der Waals surface area contributed by atoms with Crippen LogP contribution in [0.5, 0.6) is 0 Å². The quantitative estimate of drug-likeness (QED) is 0.445. The lowest BCUT2D eigenvalue weighted by Crippen LogP contribution is -1.70. The molecule has 0 amide bonds. The normalized spacial score (nSPS) is 9.84. The van der Waals surface area contributed by atoms with Gasteiger partial charge in [0.1, 0.15) is 0 Å². The summed E-state index contributed by atoms with van der Waals surface area (Å²) in [6, 6.07) is 21.2. The van der Waals surface area contributed by atoms with Crippen LogP contribution in [0.1, 0.15) is 0 Å². The average molecular weight is 310 g/mol. The molecule has 0 radical (unpaired) electrons. The molecule has 0 spiro atoms. The van der Waals surface area contributed by atoms with Crippen LogP contribution >= 0.6 is 34.8 Å². The van der Waals surface area contributed by atoms with E-state index in [0.29, 0.717) is 10.0 Å². The molecule has 0 N–H and O–H groups in total. The third-order valence-corrected chi connectivity index (χ3v) is 3.65. The molecule has 0 fully saturated rings. The predicted octanol–water partition coefficient (Wildman–Crippen LogP) is 6.49. The molecule has 0 aliphatic carbocycles. The summed E-state index contributed by atoms with van der Waals surface area (Å²) in [6.07, 6.45) is 0. The SMILES string of the molecule is Clc1cccc2ccccc12.Clc1ccccc1Cl. The number of fused-ring (bicyclic) bond motifs is 1. The molecule has 0 unspecified atom stereocenters. The van der Waals surface area contributed by atoms with Gasteiger partial charge in [-0.1, -0.05) is 83.3 Å². The Morgan fingerprint density at radius 2 is 0.947 bits per heavy atom. The van der Waals surface area contributed by atoms with Crippen LogP contribution in [0.25, 0.3) is 10.8 Å². The van der Waals surface area contributed by atoms with E-state index in [9.17, 15) is 0 Å². The van der Waals surface area contributed by atoms with E-state index in [-0.39, 0.29) is 0 Å². The molecule has 3 aromatic carbocycles. The number of hydrogen-bond donors (Lipinski definition) is 0. The summed E-state index contributed by atoms with van der Waals surface area (Å²) in [5.41, 5.74) is 0. The van der Waals surface area contributed by atoms with Crippen LogP contribution in [0, 0.1) is 0 Å². The van der Waals surface area contributed by atoms with Crippen LogP contribution in [0.3, 0.4) is 0 Å². The minimum atomic E-state index is 0.606.